The molecule has 0 aliphatic carbocycles. The largest absolute Gasteiger partial charge is 0.324 e. The lowest BCUT2D eigenvalue weighted by atomic mass is 9.90. The smallest absolute Gasteiger partial charge is 0.0336 e. The van der Waals surface area contributed by atoms with Crippen LogP contribution in [-0.4, -0.2) is 30.6 Å². The highest BCUT2D eigenvalue weighted by atomic mass is 15.2. The third-order valence-electron chi connectivity index (χ3n) is 3.78. The lowest BCUT2D eigenvalue weighted by Gasteiger charge is -2.24. The van der Waals surface area contributed by atoms with Crippen molar-refractivity contribution >= 4 is 0 Å². The first-order valence-corrected chi connectivity index (χ1v) is 6.55. The van der Waals surface area contributed by atoms with Crippen LogP contribution in [0.25, 0.3) is 0 Å². The fourth-order valence-electron chi connectivity index (χ4n) is 2.68. The van der Waals surface area contributed by atoms with Crippen molar-refractivity contribution < 1.29 is 0 Å². The van der Waals surface area contributed by atoms with Crippen LogP contribution >= 0.6 is 0 Å². The van der Waals surface area contributed by atoms with Crippen molar-refractivity contribution in [1.29, 1.82) is 0 Å². The van der Waals surface area contributed by atoms with Gasteiger partial charge in [0.15, 0.2) is 0 Å². The lowest BCUT2D eigenvalue weighted by Crippen LogP contribution is -2.44. The van der Waals surface area contributed by atoms with Crippen LogP contribution in [0.3, 0.4) is 0 Å². The van der Waals surface area contributed by atoms with E-state index in [1.54, 1.807) is 0 Å². The van der Waals surface area contributed by atoms with E-state index >= 15 is 0 Å². The van der Waals surface area contributed by atoms with Gasteiger partial charge < -0.3 is 10.6 Å². The molecule has 0 aromatic heterocycles. The van der Waals surface area contributed by atoms with E-state index < -0.39 is 0 Å². The Hall–Kier alpha value is -0.860. The van der Waals surface area contributed by atoms with Gasteiger partial charge in [0.2, 0.25) is 0 Å². The fourth-order valence-corrected chi connectivity index (χ4v) is 2.68. The van der Waals surface area contributed by atoms with Crippen LogP contribution in [0.1, 0.15) is 37.3 Å². The Morgan fingerprint density at radius 3 is 2.41 bits per heavy atom. The number of benzene rings is 1. The molecule has 0 amide bonds. The van der Waals surface area contributed by atoms with Crippen molar-refractivity contribution in [3.8, 4) is 0 Å². The predicted octanol–water partition coefficient (Wildman–Crippen LogP) is 2.39. The molecular formula is C15H24N2. The minimum Gasteiger partial charge on any atom is -0.324 e. The topological polar surface area (TPSA) is 29.3 Å². The first-order chi connectivity index (χ1) is 7.98. The molecule has 94 valence electrons. The minimum absolute atomic E-state index is 0.0197. The van der Waals surface area contributed by atoms with Crippen molar-refractivity contribution in [2.24, 2.45) is 5.73 Å². The Kier molecular flexibility index (Phi) is 3.55. The molecule has 1 aromatic rings. The molecule has 0 radical (unpaired) electrons. The third kappa shape index (κ3) is 3.08. The average molecular weight is 232 g/mol. The highest BCUT2D eigenvalue weighted by Gasteiger charge is 2.32. The SMILES string of the molecule is CC(C)c1ccc(CC2(N)CCN(C)C2)cc1. The van der Waals surface area contributed by atoms with Crippen LogP contribution < -0.4 is 5.73 Å². The standard InChI is InChI=1S/C15H24N2/c1-12(2)14-6-4-13(5-7-14)10-15(16)8-9-17(3)11-15/h4-7,12H,8-11,16H2,1-3H3. The van der Waals surface area contributed by atoms with E-state index in [1.165, 1.54) is 11.1 Å². The van der Waals surface area contributed by atoms with Gasteiger partial charge in [-0.05, 0) is 43.5 Å². The molecule has 2 heteroatoms. The zero-order chi connectivity index (χ0) is 12.5. The van der Waals surface area contributed by atoms with Gasteiger partial charge in [-0.2, -0.15) is 0 Å². The van der Waals surface area contributed by atoms with Gasteiger partial charge in [-0.1, -0.05) is 38.1 Å². The molecule has 17 heavy (non-hydrogen) atoms. The molecule has 1 aliphatic rings. The van der Waals surface area contributed by atoms with E-state index in [0.29, 0.717) is 5.92 Å². The molecule has 1 atom stereocenters. The van der Waals surface area contributed by atoms with E-state index in [1.807, 2.05) is 0 Å². The van der Waals surface area contributed by atoms with Gasteiger partial charge in [-0.25, -0.2) is 0 Å². The van der Waals surface area contributed by atoms with Crippen molar-refractivity contribution in [3.05, 3.63) is 35.4 Å². The molecule has 1 fully saturated rings. The Morgan fingerprint density at radius 2 is 1.94 bits per heavy atom. The van der Waals surface area contributed by atoms with E-state index in [4.69, 9.17) is 5.73 Å². The summed E-state index contributed by atoms with van der Waals surface area (Å²) in [5.41, 5.74) is 9.19. The quantitative estimate of drug-likeness (QED) is 0.867. The summed E-state index contributed by atoms with van der Waals surface area (Å²) in [6.07, 6.45) is 2.10. The van der Waals surface area contributed by atoms with Crippen LogP contribution in [0.2, 0.25) is 0 Å². The molecule has 1 aliphatic heterocycles. The van der Waals surface area contributed by atoms with Crippen molar-refractivity contribution in [1.82, 2.24) is 4.90 Å². The minimum atomic E-state index is -0.0197. The normalized spacial score (nSPS) is 25.7. The summed E-state index contributed by atoms with van der Waals surface area (Å²) in [7, 11) is 2.15. The Balaban J connectivity index is 2.04. The van der Waals surface area contributed by atoms with Gasteiger partial charge >= 0.3 is 0 Å². The zero-order valence-corrected chi connectivity index (χ0v) is 11.2. The summed E-state index contributed by atoms with van der Waals surface area (Å²) in [4.78, 5) is 2.32. The number of hydrogen-bond donors (Lipinski definition) is 1. The Bertz CT molecular complexity index is 369. The number of rotatable bonds is 3. The maximum Gasteiger partial charge on any atom is 0.0336 e. The van der Waals surface area contributed by atoms with Crippen molar-refractivity contribution in [2.45, 2.75) is 38.1 Å². The second kappa shape index (κ2) is 4.79. The van der Waals surface area contributed by atoms with Gasteiger partial charge in [0, 0.05) is 12.1 Å². The number of likely N-dealkylation sites (tertiary alicyclic amines) is 1. The monoisotopic (exact) mass is 232 g/mol. The lowest BCUT2D eigenvalue weighted by molar-refractivity contribution is 0.366. The molecular weight excluding hydrogens is 208 g/mol. The van der Waals surface area contributed by atoms with E-state index in [2.05, 4.69) is 50.1 Å². The average Bonchev–Trinajstić information content (AvgIpc) is 2.59. The number of hydrogen-bond acceptors (Lipinski definition) is 2. The molecule has 0 saturated carbocycles. The van der Waals surface area contributed by atoms with Gasteiger partial charge in [0.25, 0.3) is 0 Å². The van der Waals surface area contributed by atoms with Crippen LogP contribution in [0.4, 0.5) is 0 Å². The third-order valence-corrected chi connectivity index (χ3v) is 3.78. The highest BCUT2D eigenvalue weighted by molar-refractivity contribution is 5.26. The summed E-state index contributed by atoms with van der Waals surface area (Å²) < 4.78 is 0. The maximum absolute atomic E-state index is 6.44. The van der Waals surface area contributed by atoms with Crippen molar-refractivity contribution in [3.63, 3.8) is 0 Å². The number of nitrogens with two attached hydrogens (primary N) is 1. The molecule has 0 spiro atoms. The summed E-state index contributed by atoms with van der Waals surface area (Å²) in [5.74, 6) is 0.605. The summed E-state index contributed by atoms with van der Waals surface area (Å²) >= 11 is 0. The first-order valence-electron chi connectivity index (χ1n) is 6.55. The van der Waals surface area contributed by atoms with Crippen LogP contribution in [0.5, 0.6) is 0 Å². The van der Waals surface area contributed by atoms with E-state index in [0.717, 1.165) is 25.9 Å². The maximum atomic E-state index is 6.44. The predicted molar refractivity (Wildman–Crippen MR) is 73.3 cm³/mol. The molecule has 2 N–H and O–H groups in total. The van der Waals surface area contributed by atoms with Crippen LogP contribution in [-0.2, 0) is 6.42 Å². The molecule has 1 aromatic carbocycles. The summed E-state index contributed by atoms with van der Waals surface area (Å²) in [6, 6.07) is 8.95. The molecule has 0 bridgehead atoms. The fraction of sp³-hybridized carbons (Fsp3) is 0.600. The Labute approximate surface area is 105 Å². The second-order valence-corrected chi connectivity index (χ2v) is 5.92. The van der Waals surface area contributed by atoms with E-state index in [9.17, 15) is 0 Å². The second-order valence-electron chi connectivity index (χ2n) is 5.92. The number of nitrogens with zero attached hydrogens (tertiary/aromatic N) is 1. The molecule has 1 saturated heterocycles. The van der Waals surface area contributed by atoms with Gasteiger partial charge in [-0.3, -0.25) is 0 Å². The molecule has 2 rings (SSSR count). The summed E-state index contributed by atoms with van der Waals surface area (Å²) in [6.45, 7) is 6.59. The zero-order valence-electron chi connectivity index (χ0n) is 11.2. The van der Waals surface area contributed by atoms with Crippen LogP contribution in [0, 0.1) is 0 Å². The molecule has 1 unspecified atom stereocenters. The first kappa shape index (κ1) is 12.6. The van der Waals surface area contributed by atoms with Crippen molar-refractivity contribution in [2.75, 3.05) is 20.1 Å². The summed E-state index contributed by atoms with van der Waals surface area (Å²) in [5, 5.41) is 0. The molecule has 2 nitrogen and oxygen atoms in total. The van der Waals surface area contributed by atoms with E-state index in [-0.39, 0.29) is 5.54 Å². The van der Waals surface area contributed by atoms with Gasteiger partial charge in [0.1, 0.15) is 0 Å². The molecule has 1 heterocycles. The van der Waals surface area contributed by atoms with Gasteiger partial charge in [-0.15, -0.1) is 0 Å². The highest BCUT2D eigenvalue weighted by Crippen LogP contribution is 2.23. The van der Waals surface area contributed by atoms with Gasteiger partial charge in [0.05, 0.1) is 0 Å². The number of likely N-dealkylation sites (N-methyl/N-ethyl adjacent to an activating group) is 1. The van der Waals surface area contributed by atoms with Crippen LogP contribution in [0.15, 0.2) is 24.3 Å². The Morgan fingerprint density at radius 1 is 1.29 bits per heavy atom.